The van der Waals surface area contributed by atoms with E-state index in [-0.39, 0.29) is 5.97 Å². The second-order valence-corrected chi connectivity index (χ2v) is 4.41. The molecule has 0 unspecified atom stereocenters. The Balaban J connectivity index is 2.25. The SMILES string of the molecule is CCNc1cnc(CSCCC(=O)OC)cn1. The number of carbonyl (C=O) groups excluding carboxylic acids is 1. The zero-order valence-corrected chi connectivity index (χ0v) is 10.9. The maximum Gasteiger partial charge on any atom is 0.306 e. The number of rotatable bonds is 7. The lowest BCUT2D eigenvalue weighted by atomic mass is 10.5. The summed E-state index contributed by atoms with van der Waals surface area (Å²) in [5, 5.41) is 3.08. The van der Waals surface area contributed by atoms with Crippen molar-refractivity contribution in [3.05, 3.63) is 18.1 Å². The van der Waals surface area contributed by atoms with Crippen LogP contribution in [0.5, 0.6) is 0 Å². The van der Waals surface area contributed by atoms with Gasteiger partial charge in [-0.1, -0.05) is 0 Å². The summed E-state index contributed by atoms with van der Waals surface area (Å²) >= 11 is 1.65. The van der Waals surface area contributed by atoms with Crippen LogP contribution in [0, 0.1) is 0 Å². The van der Waals surface area contributed by atoms with Crippen molar-refractivity contribution < 1.29 is 9.53 Å². The van der Waals surface area contributed by atoms with E-state index in [1.165, 1.54) is 7.11 Å². The number of ether oxygens (including phenoxy) is 1. The van der Waals surface area contributed by atoms with Gasteiger partial charge in [0.1, 0.15) is 5.82 Å². The number of methoxy groups -OCH3 is 1. The summed E-state index contributed by atoms with van der Waals surface area (Å²) in [6.45, 7) is 2.85. The van der Waals surface area contributed by atoms with Crippen molar-refractivity contribution in [2.75, 3.05) is 24.7 Å². The average Bonchev–Trinajstić information content (AvgIpc) is 2.36. The summed E-state index contributed by atoms with van der Waals surface area (Å²) in [6, 6.07) is 0. The van der Waals surface area contributed by atoms with Gasteiger partial charge in [-0.3, -0.25) is 9.78 Å². The molecule has 17 heavy (non-hydrogen) atoms. The van der Waals surface area contributed by atoms with Gasteiger partial charge in [0, 0.05) is 18.1 Å². The third kappa shape index (κ3) is 5.53. The first kappa shape index (κ1) is 13.8. The molecule has 5 nitrogen and oxygen atoms in total. The van der Waals surface area contributed by atoms with Crippen molar-refractivity contribution in [2.24, 2.45) is 0 Å². The van der Waals surface area contributed by atoms with E-state index in [2.05, 4.69) is 20.0 Å². The monoisotopic (exact) mass is 255 g/mol. The van der Waals surface area contributed by atoms with Crippen LogP contribution in [0.1, 0.15) is 19.0 Å². The maximum atomic E-state index is 10.9. The van der Waals surface area contributed by atoms with E-state index in [4.69, 9.17) is 0 Å². The standard InChI is InChI=1S/C11H17N3O2S/c1-3-12-10-7-13-9(6-14-10)8-17-5-4-11(15)16-2/h6-7H,3-5,8H2,1-2H3,(H,12,14). The van der Waals surface area contributed by atoms with E-state index in [1.807, 2.05) is 6.92 Å². The van der Waals surface area contributed by atoms with E-state index < -0.39 is 0 Å². The molecule has 1 N–H and O–H groups in total. The number of nitrogens with zero attached hydrogens (tertiary/aromatic N) is 2. The fourth-order valence-electron chi connectivity index (χ4n) is 1.14. The lowest BCUT2D eigenvalue weighted by Gasteiger charge is -2.03. The smallest absolute Gasteiger partial charge is 0.306 e. The van der Waals surface area contributed by atoms with E-state index in [0.29, 0.717) is 6.42 Å². The molecule has 1 aromatic heterocycles. The first-order valence-electron chi connectivity index (χ1n) is 5.45. The quantitative estimate of drug-likeness (QED) is 0.591. The van der Waals surface area contributed by atoms with Crippen LogP contribution in [-0.4, -0.2) is 35.3 Å². The summed E-state index contributed by atoms with van der Waals surface area (Å²) in [5.74, 6) is 2.11. The minimum atomic E-state index is -0.175. The number of carbonyl (C=O) groups is 1. The molecule has 94 valence electrons. The molecular formula is C11H17N3O2S. The molecule has 0 saturated carbocycles. The predicted molar refractivity (Wildman–Crippen MR) is 69.0 cm³/mol. The summed E-state index contributed by atoms with van der Waals surface area (Å²) < 4.78 is 4.56. The molecular weight excluding hydrogens is 238 g/mol. The molecule has 6 heteroatoms. The molecule has 1 aromatic rings. The summed E-state index contributed by atoms with van der Waals surface area (Å²) in [4.78, 5) is 19.4. The normalized spacial score (nSPS) is 10.0. The van der Waals surface area contributed by atoms with Crippen molar-refractivity contribution in [3.63, 3.8) is 0 Å². The van der Waals surface area contributed by atoms with Gasteiger partial charge in [0.15, 0.2) is 0 Å². The highest BCUT2D eigenvalue weighted by Crippen LogP contribution is 2.11. The van der Waals surface area contributed by atoms with Crippen LogP contribution in [0.15, 0.2) is 12.4 Å². The Kier molecular flexibility index (Phi) is 6.39. The van der Waals surface area contributed by atoms with E-state index in [0.717, 1.165) is 29.6 Å². The molecule has 0 bridgehead atoms. The Morgan fingerprint density at radius 1 is 1.47 bits per heavy atom. The first-order chi connectivity index (χ1) is 8.26. The Hall–Kier alpha value is -1.30. The zero-order chi connectivity index (χ0) is 12.5. The van der Waals surface area contributed by atoms with Crippen LogP contribution >= 0.6 is 11.8 Å². The first-order valence-corrected chi connectivity index (χ1v) is 6.61. The molecule has 0 aliphatic carbocycles. The molecule has 0 fully saturated rings. The van der Waals surface area contributed by atoms with Crippen molar-refractivity contribution in [1.82, 2.24) is 9.97 Å². The second-order valence-electron chi connectivity index (χ2n) is 3.30. The molecule has 0 aromatic carbocycles. The average molecular weight is 255 g/mol. The van der Waals surface area contributed by atoms with Crippen LogP contribution in [0.4, 0.5) is 5.82 Å². The highest BCUT2D eigenvalue weighted by molar-refractivity contribution is 7.98. The molecule has 0 aliphatic rings. The number of hydrogen-bond donors (Lipinski definition) is 1. The Morgan fingerprint density at radius 3 is 2.88 bits per heavy atom. The number of esters is 1. The second kappa shape index (κ2) is 7.89. The third-order valence-corrected chi connectivity index (χ3v) is 2.98. The highest BCUT2D eigenvalue weighted by Gasteiger charge is 2.01. The largest absolute Gasteiger partial charge is 0.469 e. The third-order valence-electron chi connectivity index (χ3n) is 1.99. The lowest BCUT2D eigenvalue weighted by molar-refractivity contribution is -0.140. The summed E-state index contributed by atoms with van der Waals surface area (Å²) in [7, 11) is 1.40. The van der Waals surface area contributed by atoms with Gasteiger partial charge in [0.2, 0.25) is 0 Å². The zero-order valence-electron chi connectivity index (χ0n) is 10.1. The number of anilines is 1. The molecule has 1 rings (SSSR count). The molecule has 0 saturated heterocycles. The van der Waals surface area contributed by atoms with Crippen molar-refractivity contribution in [1.29, 1.82) is 0 Å². The fourth-order valence-corrected chi connectivity index (χ4v) is 1.95. The van der Waals surface area contributed by atoms with E-state index in [9.17, 15) is 4.79 Å². The number of hydrogen-bond acceptors (Lipinski definition) is 6. The van der Waals surface area contributed by atoms with E-state index >= 15 is 0 Å². The highest BCUT2D eigenvalue weighted by atomic mass is 32.2. The summed E-state index contributed by atoms with van der Waals surface area (Å²) in [5.41, 5.74) is 0.918. The molecule has 1 heterocycles. The van der Waals surface area contributed by atoms with E-state index in [1.54, 1.807) is 24.2 Å². The number of nitrogens with one attached hydrogen (secondary N) is 1. The summed E-state index contributed by atoms with van der Waals surface area (Å²) in [6.07, 6.45) is 3.91. The fraction of sp³-hybridized carbons (Fsp3) is 0.545. The van der Waals surface area contributed by atoms with Gasteiger partial charge >= 0.3 is 5.97 Å². The van der Waals surface area contributed by atoms with Gasteiger partial charge in [-0.25, -0.2) is 4.98 Å². The van der Waals surface area contributed by atoms with Gasteiger partial charge in [-0.15, -0.1) is 0 Å². The van der Waals surface area contributed by atoms with Crippen molar-refractivity contribution in [3.8, 4) is 0 Å². The molecule has 0 atom stereocenters. The van der Waals surface area contributed by atoms with Crippen LogP contribution < -0.4 is 5.32 Å². The Bertz CT molecular complexity index is 343. The Labute approximate surface area is 105 Å². The maximum absolute atomic E-state index is 10.9. The van der Waals surface area contributed by atoms with Crippen LogP contribution in [0.25, 0.3) is 0 Å². The minimum absolute atomic E-state index is 0.175. The number of thioether (sulfide) groups is 1. The van der Waals surface area contributed by atoms with Gasteiger partial charge in [-0.05, 0) is 6.92 Å². The van der Waals surface area contributed by atoms with Gasteiger partial charge in [0.05, 0.1) is 31.6 Å². The Morgan fingerprint density at radius 2 is 2.29 bits per heavy atom. The number of aromatic nitrogens is 2. The lowest BCUT2D eigenvalue weighted by Crippen LogP contribution is -2.02. The van der Waals surface area contributed by atoms with Crippen LogP contribution in [-0.2, 0) is 15.3 Å². The topological polar surface area (TPSA) is 64.1 Å². The van der Waals surface area contributed by atoms with Crippen molar-refractivity contribution in [2.45, 2.75) is 19.1 Å². The minimum Gasteiger partial charge on any atom is -0.469 e. The van der Waals surface area contributed by atoms with Gasteiger partial charge in [-0.2, -0.15) is 11.8 Å². The predicted octanol–water partition coefficient (Wildman–Crippen LogP) is 1.70. The molecule has 0 aliphatic heterocycles. The molecule has 0 radical (unpaired) electrons. The molecule has 0 amide bonds. The van der Waals surface area contributed by atoms with Crippen LogP contribution in [0.3, 0.4) is 0 Å². The molecule has 0 spiro atoms. The van der Waals surface area contributed by atoms with Gasteiger partial charge < -0.3 is 10.1 Å². The van der Waals surface area contributed by atoms with Crippen molar-refractivity contribution >= 4 is 23.5 Å². The van der Waals surface area contributed by atoms with Gasteiger partial charge in [0.25, 0.3) is 0 Å². The van der Waals surface area contributed by atoms with Crippen LogP contribution in [0.2, 0.25) is 0 Å².